The van der Waals surface area contributed by atoms with Gasteiger partial charge >= 0.3 is 33.2 Å². The zero-order valence-electron chi connectivity index (χ0n) is 26.4. The molecule has 0 atom stereocenters. The molecular formula is C35H47Cl2CoN3. The van der Waals surface area contributed by atoms with E-state index in [0.29, 0.717) is 36.6 Å². The molecule has 0 aliphatic carbocycles. The van der Waals surface area contributed by atoms with Crippen molar-refractivity contribution in [2.24, 2.45) is 9.98 Å². The number of nitrogens with zero attached hydrogens (tertiary/aromatic N) is 3. The van der Waals surface area contributed by atoms with Crippen LogP contribution in [-0.4, -0.2) is 16.4 Å². The Labute approximate surface area is 263 Å². The average molecular weight is 640 g/mol. The Bertz CT molecular complexity index is 1170. The van der Waals surface area contributed by atoms with Crippen LogP contribution in [0, 0.1) is 0 Å². The predicted octanol–water partition coefficient (Wildman–Crippen LogP) is 12.0. The molecule has 225 valence electrons. The van der Waals surface area contributed by atoms with Gasteiger partial charge in [0.25, 0.3) is 0 Å². The second-order valence-corrected chi connectivity index (χ2v) is 13.2. The van der Waals surface area contributed by atoms with Crippen LogP contribution >= 0.6 is 20.3 Å². The normalized spacial score (nSPS) is 12.5. The van der Waals surface area contributed by atoms with Gasteiger partial charge in [-0.2, -0.15) is 0 Å². The van der Waals surface area contributed by atoms with Crippen molar-refractivity contribution in [1.82, 2.24) is 4.98 Å². The van der Waals surface area contributed by atoms with E-state index >= 15 is 0 Å². The van der Waals surface area contributed by atoms with Gasteiger partial charge in [0.05, 0.1) is 28.5 Å². The summed E-state index contributed by atoms with van der Waals surface area (Å²) >= 11 is 0.382. The molecule has 3 nitrogen and oxygen atoms in total. The summed E-state index contributed by atoms with van der Waals surface area (Å²) in [6, 6.07) is 17.4. The minimum absolute atomic E-state index is 0.382. The van der Waals surface area contributed by atoms with E-state index in [-0.39, 0.29) is 0 Å². The molecule has 0 bridgehead atoms. The van der Waals surface area contributed by atoms with Crippen molar-refractivity contribution in [3.05, 3.63) is 88.2 Å². The minimum atomic E-state index is 0.382. The van der Waals surface area contributed by atoms with Gasteiger partial charge in [-0.25, -0.2) is 0 Å². The third kappa shape index (κ3) is 9.25. The maximum atomic E-state index is 5.39. The Morgan fingerprint density at radius 3 is 1.34 bits per heavy atom. The number of hydrogen-bond donors (Lipinski definition) is 0. The van der Waals surface area contributed by atoms with Crippen LogP contribution < -0.4 is 0 Å². The van der Waals surface area contributed by atoms with Crippen LogP contribution in [0.25, 0.3) is 0 Å². The second-order valence-electron chi connectivity index (χ2n) is 11.5. The van der Waals surface area contributed by atoms with Crippen LogP contribution in [0.4, 0.5) is 11.4 Å². The number of halogens is 2. The molecule has 0 amide bonds. The first-order valence-corrected chi connectivity index (χ1v) is 17.6. The SMILES string of the molecule is CCC(=Nc1c(C(C)C)cccc1C(C)C)c1cccnc1C(CC)=Nc1c(C(C)C)cccc1C(C)C.[Cl][Co][Cl]. The van der Waals surface area contributed by atoms with Gasteiger partial charge in [0.2, 0.25) is 0 Å². The third-order valence-corrected chi connectivity index (χ3v) is 7.24. The second kappa shape index (κ2) is 17.2. The van der Waals surface area contributed by atoms with Gasteiger partial charge in [0, 0.05) is 11.8 Å². The molecule has 0 spiro atoms. The number of pyridine rings is 1. The van der Waals surface area contributed by atoms with Crippen molar-refractivity contribution in [3.63, 3.8) is 0 Å². The molecule has 0 aliphatic heterocycles. The Kier molecular flexibility index (Phi) is 14.8. The first kappa shape index (κ1) is 35.2. The topological polar surface area (TPSA) is 37.6 Å². The molecule has 0 saturated carbocycles. The molecule has 6 heteroatoms. The molecule has 0 aliphatic rings. The Hall–Kier alpha value is -1.98. The van der Waals surface area contributed by atoms with Gasteiger partial charge in [0.1, 0.15) is 0 Å². The van der Waals surface area contributed by atoms with E-state index in [9.17, 15) is 0 Å². The molecule has 1 aromatic heterocycles. The van der Waals surface area contributed by atoms with E-state index in [1.807, 2.05) is 12.3 Å². The van der Waals surface area contributed by atoms with Crippen molar-refractivity contribution in [3.8, 4) is 0 Å². The Morgan fingerprint density at radius 2 is 1.00 bits per heavy atom. The van der Waals surface area contributed by atoms with E-state index in [2.05, 4.69) is 112 Å². The van der Waals surface area contributed by atoms with Gasteiger partial charge in [-0.3, -0.25) is 15.0 Å². The predicted molar refractivity (Wildman–Crippen MR) is 178 cm³/mol. The maximum absolute atomic E-state index is 5.39. The molecule has 0 unspecified atom stereocenters. The van der Waals surface area contributed by atoms with Gasteiger partial charge in [-0.15, -0.1) is 0 Å². The van der Waals surface area contributed by atoms with Crippen LogP contribution in [0.1, 0.15) is 139 Å². The molecule has 0 N–H and O–H groups in total. The summed E-state index contributed by atoms with van der Waals surface area (Å²) in [4.78, 5) is 15.7. The molecule has 0 saturated heterocycles. The Morgan fingerprint density at radius 1 is 0.634 bits per heavy atom. The van der Waals surface area contributed by atoms with Gasteiger partial charge in [-0.05, 0) is 70.9 Å². The molecule has 41 heavy (non-hydrogen) atoms. The van der Waals surface area contributed by atoms with Crippen LogP contribution in [-0.2, 0) is 12.9 Å². The number of aliphatic imine (C=N–C) groups is 2. The zero-order valence-corrected chi connectivity index (χ0v) is 28.9. The quantitative estimate of drug-likeness (QED) is 0.203. The number of benzene rings is 2. The van der Waals surface area contributed by atoms with Crippen molar-refractivity contribution in [1.29, 1.82) is 0 Å². The monoisotopic (exact) mass is 638 g/mol. The van der Waals surface area contributed by atoms with Crippen LogP contribution in [0.2, 0.25) is 0 Å². The van der Waals surface area contributed by atoms with Gasteiger partial charge in [-0.1, -0.05) is 106 Å². The summed E-state index contributed by atoms with van der Waals surface area (Å²) in [5.74, 6) is 1.58. The van der Waals surface area contributed by atoms with Crippen molar-refractivity contribution in [2.75, 3.05) is 0 Å². The van der Waals surface area contributed by atoms with Crippen LogP contribution in [0.3, 0.4) is 0 Å². The third-order valence-electron chi connectivity index (χ3n) is 7.24. The number of hydrogen-bond acceptors (Lipinski definition) is 3. The number of aromatic nitrogens is 1. The van der Waals surface area contributed by atoms with Crippen LogP contribution in [0.5, 0.6) is 0 Å². The van der Waals surface area contributed by atoms with Crippen molar-refractivity contribution in [2.45, 2.75) is 106 Å². The zero-order chi connectivity index (χ0) is 30.7. The molecule has 1 heterocycles. The summed E-state index contributed by atoms with van der Waals surface area (Å²) in [5.41, 5.74) is 11.5. The first-order valence-electron chi connectivity index (χ1n) is 14.7. The molecule has 0 radical (unpaired) electrons. The average Bonchev–Trinajstić information content (AvgIpc) is 2.94. The van der Waals surface area contributed by atoms with Gasteiger partial charge < -0.3 is 0 Å². The van der Waals surface area contributed by atoms with E-state index in [1.54, 1.807) is 0 Å². The fourth-order valence-corrected chi connectivity index (χ4v) is 5.05. The van der Waals surface area contributed by atoms with E-state index < -0.39 is 0 Å². The first-order chi connectivity index (χ1) is 19.5. The summed E-state index contributed by atoms with van der Waals surface area (Å²) < 4.78 is 0. The summed E-state index contributed by atoms with van der Waals surface area (Å²) in [7, 11) is 9.47. The van der Waals surface area contributed by atoms with Gasteiger partial charge in [0.15, 0.2) is 0 Å². The number of rotatable bonds is 10. The van der Waals surface area contributed by atoms with E-state index in [0.717, 1.165) is 46.9 Å². The van der Waals surface area contributed by atoms with Crippen LogP contribution in [0.15, 0.2) is 64.7 Å². The Balaban J connectivity index is 0.00000187. The summed E-state index contributed by atoms with van der Waals surface area (Å²) in [6.07, 6.45) is 3.50. The standard InChI is InChI=1S/C35H47N3.2ClH.Co/c1-11-31(37-33-26(22(3)4)16-13-17-27(33)23(5)6)30-20-15-21-36-35(30)32(12-2)38-34-28(24(7)8)18-14-19-29(34)25(9)10;;;/h13-25H,11-12H2,1-10H3;2*1H;/q;;;+2/p-2. The molecule has 0 fully saturated rings. The van der Waals surface area contributed by atoms with Crippen molar-refractivity contribution >= 4 is 43.1 Å². The van der Waals surface area contributed by atoms with E-state index in [1.165, 1.54) is 22.3 Å². The summed E-state index contributed by atoms with van der Waals surface area (Å²) in [5, 5.41) is 0. The fraction of sp³-hybridized carbons (Fsp3) is 0.457. The fourth-order valence-electron chi connectivity index (χ4n) is 5.05. The molecule has 2 aromatic carbocycles. The van der Waals surface area contributed by atoms with E-state index in [4.69, 9.17) is 35.3 Å². The molecule has 3 rings (SSSR count). The summed E-state index contributed by atoms with van der Waals surface area (Å²) in [6.45, 7) is 22.4. The molecular weight excluding hydrogens is 592 g/mol. The molecule has 3 aromatic rings. The number of para-hydroxylation sites is 2. The van der Waals surface area contributed by atoms with Crippen molar-refractivity contribution < 1.29 is 12.9 Å².